The first-order valence-electron chi connectivity index (χ1n) is 8.51. The van der Waals surface area contributed by atoms with Crippen molar-refractivity contribution in [3.8, 4) is 0 Å². The maximum atomic E-state index is 5.89. The monoisotopic (exact) mass is 440 g/mol. The molecule has 3 atom stereocenters. The first-order valence-corrected chi connectivity index (χ1v) is 8.51. The number of H-pyrrole nitrogens is 1. The van der Waals surface area contributed by atoms with Gasteiger partial charge < -0.3 is 20.4 Å². The summed E-state index contributed by atoms with van der Waals surface area (Å²) < 4.78 is 5.89. The summed E-state index contributed by atoms with van der Waals surface area (Å²) in [7, 11) is 1.83. The largest absolute Gasteiger partial charge is 0.373 e. The van der Waals surface area contributed by atoms with Gasteiger partial charge in [-0.1, -0.05) is 18.2 Å². The van der Waals surface area contributed by atoms with Crippen LogP contribution in [0, 0.1) is 0 Å². The molecule has 0 aliphatic carbocycles. The number of halogens is 1. The quantitative estimate of drug-likeness (QED) is 0.390. The normalized spacial score (nSPS) is 25.7. The zero-order valence-corrected chi connectivity index (χ0v) is 16.2. The van der Waals surface area contributed by atoms with Crippen LogP contribution in [0.1, 0.15) is 24.8 Å². The first-order chi connectivity index (χ1) is 11.3. The fraction of sp³-hybridized carbons (Fsp3) is 0.500. The van der Waals surface area contributed by atoms with Gasteiger partial charge in [0.2, 0.25) is 0 Å². The van der Waals surface area contributed by atoms with Crippen molar-refractivity contribution < 1.29 is 4.74 Å². The van der Waals surface area contributed by atoms with Crippen LogP contribution in [0.4, 0.5) is 0 Å². The number of aromatic nitrogens is 1. The number of hydrogen-bond donors (Lipinski definition) is 3. The zero-order valence-electron chi connectivity index (χ0n) is 13.9. The second-order valence-corrected chi connectivity index (χ2v) is 6.47. The van der Waals surface area contributed by atoms with Crippen LogP contribution in [-0.4, -0.2) is 42.8 Å². The van der Waals surface area contributed by atoms with E-state index in [0.717, 1.165) is 25.3 Å². The van der Waals surface area contributed by atoms with Crippen molar-refractivity contribution in [1.29, 1.82) is 0 Å². The number of benzene rings is 1. The highest BCUT2D eigenvalue weighted by molar-refractivity contribution is 14.0. The second-order valence-electron chi connectivity index (χ2n) is 6.47. The SMILES string of the molecule is CN=C(NCCc1c[nH]c2ccccc12)NC1CC2CCC1O2.I. The van der Waals surface area contributed by atoms with Crippen LogP contribution in [0.5, 0.6) is 0 Å². The fourth-order valence-electron chi connectivity index (χ4n) is 3.81. The lowest BCUT2D eigenvalue weighted by Gasteiger charge is -2.22. The molecular weight excluding hydrogens is 415 g/mol. The van der Waals surface area contributed by atoms with Gasteiger partial charge >= 0.3 is 0 Å². The van der Waals surface area contributed by atoms with Crippen molar-refractivity contribution in [3.05, 3.63) is 36.0 Å². The van der Waals surface area contributed by atoms with Crippen LogP contribution >= 0.6 is 24.0 Å². The van der Waals surface area contributed by atoms with Crippen molar-refractivity contribution in [2.45, 2.75) is 43.9 Å². The molecule has 4 rings (SSSR count). The Morgan fingerprint density at radius 2 is 2.21 bits per heavy atom. The third-order valence-electron chi connectivity index (χ3n) is 5.01. The van der Waals surface area contributed by atoms with Gasteiger partial charge in [-0.3, -0.25) is 4.99 Å². The van der Waals surface area contributed by atoms with Gasteiger partial charge in [0.1, 0.15) is 0 Å². The summed E-state index contributed by atoms with van der Waals surface area (Å²) in [6.45, 7) is 0.864. The number of nitrogens with zero attached hydrogens (tertiary/aromatic N) is 1. The number of rotatable bonds is 4. The van der Waals surface area contributed by atoms with Crippen molar-refractivity contribution in [2.75, 3.05) is 13.6 Å². The Hall–Kier alpha value is -1.28. The number of aliphatic imine (C=N–C) groups is 1. The van der Waals surface area contributed by atoms with E-state index in [4.69, 9.17) is 4.74 Å². The lowest BCUT2D eigenvalue weighted by molar-refractivity contribution is 0.0992. The molecule has 1 aromatic heterocycles. The van der Waals surface area contributed by atoms with E-state index in [2.05, 4.69) is 51.1 Å². The Morgan fingerprint density at radius 1 is 1.33 bits per heavy atom. The predicted molar refractivity (Wildman–Crippen MR) is 108 cm³/mol. The highest BCUT2D eigenvalue weighted by Crippen LogP contribution is 2.34. The highest BCUT2D eigenvalue weighted by atomic mass is 127. The molecule has 2 saturated heterocycles. The van der Waals surface area contributed by atoms with E-state index in [1.165, 1.54) is 29.3 Å². The Morgan fingerprint density at radius 3 is 2.96 bits per heavy atom. The van der Waals surface area contributed by atoms with Crippen LogP contribution in [0.2, 0.25) is 0 Å². The van der Waals surface area contributed by atoms with Gasteiger partial charge in [0, 0.05) is 30.7 Å². The Kier molecular flexibility index (Phi) is 5.65. The fourth-order valence-corrected chi connectivity index (χ4v) is 3.81. The molecule has 24 heavy (non-hydrogen) atoms. The van der Waals surface area contributed by atoms with E-state index < -0.39 is 0 Å². The van der Waals surface area contributed by atoms with Crippen molar-refractivity contribution in [1.82, 2.24) is 15.6 Å². The van der Waals surface area contributed by atoms with Gasteiger partial charge in [0.15, 0.2) is 5.96 Å². The number of aromatic amines is 1. The molecule has 0 amide bonds. The number of nitrogens with one attached hydrogen (secondary N) is 3. The van der Waals surface area contributed by atoms with Crippen molar-refractivity contribution in [3.63, 3.8) is 0 Å². The molecule has 0 saturated carbocycles. The summed E-state index contributed by atoms with van der Waals surface area (Å²) in [6.07, 6.45) is 7.40. The minimum absolute atomic E-state index is 0. The molecule has 3 N–H and O–H groups in total. The van der Waals surface area contributed by atoms with E-state index >= 15 is 0 Å². The molecule has 0 spiro atoms. The zero-order chi connectivity index (χ0) is 15.6. The van der Waals surface area contributed by atoms with Crippen LogP contribution in [-0.2, 0) is 11.2 Å². The van der Waals surface area contributed by atoms with E-state index in [9.17, 15) is 0 Å². The number of fused-ring (bicyclic) bond motifs is 3. The van der Waals surface area contributed by atoms with Crippen LogP contribution < -0.4 is 10.6 Å². The van der Waals surface area contributed by atoms with Gasteiger partial charge in [-0.25, -0.2) is 0 Å². The minimum atomic E-state index is 0. The minimum Gasteiger partial charge on any atom is -0.373 e. The maximum absolute atomic E-state index is 5.89. The van der Waals surface area contributed by atoms with E-state index in [1.54, 1.807) is 0 Å². The van der Waals surface area contributed by atoms with E-state index in [1.807, 2.05) is 7.05 Å². The predicted octanol–water partition coefficient (Wildman–Crippen LogP) is 2.81. The molecule has 0 radical (unpaired) electrons. The van der Waals surface area contributed by atoms with Gasteiger partial charge in [-0.2, -0.15) is 0 Å². The standard InChI is InChI=1S/C18H24N4O.HI/c1-19-18(22-16-10-13-6-7-17(16)23-13)20-9-8-12-11-21-15-5-3-2-4-14(12)15;/h2-5,11,13,16-17,21H,6-10H2,1H3,(H2,19,20,22);1H. The Bertz CT molecular complexity index is 714. The summed E-state index contributed by atoms with van der Waals surface area (Å²) in [4.78, 5) is 7.67. The van der Waals surface area contributed by atoms with Gasteiger partial charge in [-0.05, 0) is 37.3 Å². The molecule has 3 heterocycles. The first kappa shape index (κ1) is 17.5. The molecule has 1 aromatic carbocycles. The van der Waals surface area contributed by atoms with Crippen LogP contribution in [0.3, 0.4) is 0 Å². The summed E-state index contributed by atoms with van der Waals surface area (Å²) in [6, 6.07) is 8.84. The number of ether oxygens (including phenoxy) is 1. The topological polar surface area (TPSA) is 61.4 Å². The average Bonchev–Trinajstić information content (AvgIpc) is 3.29. The third-order valence-corrected chi connectivity index (χ3v) is 5.01. The molecule has 2 aromatic rings. The van der Waals surface area contributed by atoms with Crippen LogP contribution in [0.15, 0.2) is 35.5 Å². The molecule has 3 unspecified atom stereocenters. The lowest BCUT2D eigenvalue weighted by Crippen LogP contribution is -2.47. The molecule has 2 aliphatic heterocycles. The van der Waals surface area contributed by atoms with Gasteiger partial charge in [-0.15, -0.1) is 24.0 Å². The number of para-hydroxylation sites is 1. The molecular formula is C18H25IN4O. The van der Waals surface area contributed by atoms with Gasteiger partial charge in [0.05, 0.1) is 18.2 Å². The molecule has 130 valence electrons. The smallest absolute Gasteiger partial charge is 0.191 e. The maximum Gasteiger partial charge on any atom is 0.191 e. The average molecular weight is 440 g/mol. The molecule has 2 bridgehead atoms. The lowest BCUT2D eigenvalue weighted by atomic mass is 9.96. The van der Waals surface area contributed by atoms with E-state index in [-0.39, 0.29) is 24.0 Å². The Balaban J connectivity index is 0.00000169. The summed E-state index contributed by atoms with van der Waals surface area (Å²) >= 11 is 0. The summed E-state index contributed by atoms with van der Waals surface area (Å²) in [5, 5.41) is 8.25. The third kappa shape index (κ3) is 3.54. The summed E-state index contributed by atoms with van der Waals surface area (Å²) in [5.74, 6) is 0.881. The van der Waals surface area contributed by atoms with E-state index in [0.29, 0.717) is 18.2 Å². The molecule has 2 aliphatic rings. The molecule has 2 fully saturated rings. The second kappa shape index (κ2) is 7.74. The Labute approximate surface area is 159 Å². The van der Waals surface area contributed by atoms with Crippen molar-refractivity contribution in [2.24, 2.45) is 4.99 Å². The summed E-state index contributed by atoms with van der Waals surface area (Å²) in [5.41, 5.74) is 2.54. The highest BCUT2D eigenvalue weighted by Gasteiger charge is 2.41. The van der Waals surface area contributed by atoms with Crippen molar-refractivity contribution >= 4 is 40.8 Å². The van der Waals surface area contributed by atoms with Gasteiger partial charge in [0.25, 0.3) is 0 Å². The van der Waals surface area contributed by atoms with Crippen LogP contribution in [0.25, 0.3) is 10.9 Å². The molecule has 6 heteroatoms. The number of guanidine groups is 1. The molecule has 5 nitrogen and oxygen atoms in total. The number of hydrogen-bond acceptors (Lipinski definition) is 2.